The molecule has 1 amide bonds. The van der Waals surface area contributed by atoms with Crippen LogP contribution >= 0.6 is 0 Å². The van der Waals surface area contributed by atoms with Crippen LogP contribution in [0.15, 0.2) is 30.5 Å². The molecule has 9 nitrogen and oxygen atoms in total. The van der Waals surface area contributed by atoms with Crippen molar-refractivity contribution in [1.82, 2.24) is 25.0 Å². The van der Waals surface area contributed by atoms with Gasteiger partial charge in [-0.15, -0.1) is 5.10 Å². The molecule has 2 fully saturated rings. The summed E-state index contributed by atoms with van der Waals surface area (Å²) in [6.07, 6.45) is 6.58. The Morgan fingerprint density at radius 2 is 1.86 bits per heavy atom. The summed E-state index contributed by atoms with van der Waals surface area (Å²) < 4.78 is 1.73. The van der Waals surface area contributed by atoms with Crippen molar-refractivity contribution in [2.24, 2.45) is 11.7 Å². The van der Waals surface area contributed by atoms with Gasteiger partial charge in [-0.1, -0.05) is 5.21 Å². The van der Waals surface area contributed by atoms with E-state index in [1.807, 2.05) is 12.1 Å². The van der Waals surface area contributed by atoms with Crippen LogP contribution in [0.3, 0.4) is 0 Å². The highest BCUT2D eigenvalue weighted by Crippen LogP contribution is 2.27. The number of hydrogen-bond acceptors (Lipinski definition) is 7. The fraction of sp³-hybridized carbons (Fsp3) is 0.450. The van der Waals surface area contributed by atoms with Gasteiger partial charge in [0.1, 0.15) is 0 Å². The summed E-state index contributed by atoms with van der Waals surface area (Å²) in [6, 6.07) is 8.49. The predicted molar refractivity (Wildman–Crippen MR) is 110 cm³/mol. The number of amides is 1. The molecule has 150 valence electrons. The Balaban J connectivity index is 1.37. The molecule has 1 aromatic carbocycles. The Morgan fingerprint density at radius 1 is 1.10 bits per heavy atom. The molecule has 2 aliphatic rings. The monoisotopic (exact) mass is 392 g/mol. The van der Waals surface area contributed by atoms with Crippen molar-refractivity contribution in [2.45, 2.75) is 38.1 Å². The first-order chi connectivity index (χ1) is 14.2. The van der Waals surface area contributed by atoms with Crippen LogP contribution in [0.4, 0.5) is 11.6 Å². The molecule has 3 heterocycles. The van der Waals surface area contributed by atoms with Crippen molar-refractivity contribution in [1.29, 1.82) is 0 Å². The van der Waals surface area contributed by atoms with E-state index in [1.54, 1.807) is 10.9 Å². The predicted octanol–water partition coefficient (Wildman–Crippen LogP) is 1.88. The van der Waals surface area contributed by atoms with E-state index in [0.717, 1.165) is 31.6 Å². The van der Waals surface area contributed by atoms with Gasteiger partial charge in [-0.3, -0.25) is 4.79 Å². The average Bonchev–Trinajstić information content (AvgIpc) is 3.49. The molecule has 2 atom stereocenters. The van der Waals surface area contributed by atoms with E-state index < -0.39 is 0 Å². The zero-order chi connectivity index (χ0) is 19.8. The molecule has 0 spiro atoms. The molecule has 2 aromatic heterocycles. The third kappa shape index (κ3) is 3.48. The summed E-state index contributed by atoms with van der Waals surface area (Å²) in [4.78, 5) is 22.8. The topological polar surface area (TPSA) is 115 Å². The summed E-state index contributed by atoms with van der Waals surface area (Å²) in [5.74, 6) is 0.215. The molecule has 3 aromatic rings. The van der Waals surface area contributed by atoms with Gasteiger partial charge in [-0.2, -0.15) is 9.67 Å². The van der Waals surface area contributed by atoms with Crippen LogP contribution in [0.5, 0.6) is 0 Å². The number of anilines is 2. The number of benzene rings is 1. The Bertz CT molecular complexity index is 1020. The minimum atomic E-state index is -0.231. The number of primary amides is 1. The Labute approximate surface area is 168 Å². The van der Waals surface area contributed by atoms with Crippen molar-refractivity contribution in [3.8, 4) is 5.69 Å². The van der Waals surface area contributed by atoms with E-state index in [4.69, 9.17) is 5.73 Å². The SMILES string of the molecule is NC(=O)[C@H]1CC[C@@H](Nc2ncc3nnn(-c4ccc(N5CCCC5)cc4)c3n2)C1. The number of fused-ring (bicyclic) bond motifs is 1. The summed E-state index contributed by atoms with van der Waals surface area (Å²) in [5.41, 5.74) is 8.87. The highest BCUT2D eigenvalue weighted by atomic mass is 16.1. The van der Waals surface area contributed by atoms with Gasteiger partial charge < -0.3 is 16.0 Å². The minimum Gasteiger partial charge on any atom is -0.372 e. The van der Waals surface area contributed by atoms with Gasteiger partial charge in [0.05, 0.1) is 11.9 Å². The standard InChI is InChI=1S/C20H24N8O/c21-18(29)13-3-4-14(11-13)23-20-22-12-17-19(24-20)28(26-25-17)16-7-5-15(6-8-16)27-9-1-2-10-27/h5-8,12-14H,1-4,9-11H2,(H2,21,29)(H,22,23,24)/t13-,14+/m0/s1. The van der Waals surface area contributed by atoms with E-state index in [9.17, 15) is 4.79 Å². The largest absolute Gasteiger partial charge is 0.372 e. The second-order valence-electron chi connectivity index (χ2n) is 7.87. The molecular formula is C20H24N8O. The smallest absolute Gasteiger partial charge is 0.225 e. The highest BCUT2D eigenvalue weighted by Gasteiger charge is 2.29. The lowest BCUT2D eigenvalue weighted by Gasteiger charge is -2.17. The van der Waals surface area contributed by atoms with Crippen LogP contribution < -0.4 is 16.0 Å². The Kier molecular flexibility index (Phi) is 4.49. The van der Waals surface area contributed by atoms with Crippen LogP contribution in [0.1, 0.15) is 32.1 Å². The third-order valence-electron chi connectivity index (χ3n) is 5.93. The number of nitrogens with one attached hydrogen (secondary N) is 1. The van der Waals surface area contributed by atoms with Crippen LogP contribution in [-0.2, 0) is 4.79 Å². The number of hydrogen-bond donors (Lipinski definition) is 2. The highest BCUT2D eigenvalue weighted by molar-refractivity contribution is 5.77. The molecule has 0 unspecified atom stereocenters. The lowest BCUT2D eigenvalue weighted by Crippen LogP contribution is -2.23. The number of carbonyl (C=O) groups excluding carboxylic acids is 1. The minimum absolute atomic E-state index is 0.0717. The van der Waals surface area contributed by atoms with Crippen molar-refractivity contribution < 1.29 is 4.79 Å². The molecule has 1 saturated heterocycles. The van der Waals surface area contributed by atoms with Gasteiger partial charge in [0.15, 0.2) is 11.2 Å². The Hall–Kier alpha value is -3.23. The first-order valence-electron chi connectivity index (χ1n) is 10.2. The summed E-state index contributed by atoms with van der Waals surface area (Å²) in [5, 5.41) is 11.8. The van der Waals surface area contributed by atoms with Crippen molar-refractivity contribution in [2.75, 3.05) is 23.3 Å². The second kappa shape index (κ2) is 7.31. The van der Waals surface area contributed by atoms with Crippen LogP contribution in [0, 0.1) is 5.92 Å². The Morgan fingerprint density at radius 3 is 2.59 bits per heavy atom. The molecular weight excluding hydrogens is 368 g/mol. The summed E-state index contributed by atoms with van der Waals surface area (Å²) >= 11 is 0. The zero-order valence-corrected chi connectivity index (χ0v) is 16.2. The number of aromatic nitrogens is 5. The molecule has 0 bridgehead atoms. The molecule has 9 heteroatoms. The molecule has 5 rings (SSSR count). The third-order valence-corrected chi connectivity index (χ3v) is 5.93. The van der Waals surface area contributed by atoms with E-state index >= 15 is 0 Å². The van der Waals surface area contributed by atoms with Crippen LogP contribution in [-0.4, -0.2) is 50.0 Å². The van der Waals surface area contributed by atoms with Gasteiger partial charge in [0.2, 0.25) is 11.9 Å². The molecule has 1 aliphatic heterocycles. The second-order valence-corrected chi connectivity index (χ2v) is 7.87. The number of nitrogens with zero attached hydrogens (tertiary/aromatic N) is 6. The van der Waals surface area contributed by atoms with Crippen LogP contribution in [0.25, 0.3) is 16.9 Å². The van der Waals surface area contributed by atoms with E-state index in [2.05, 4.69) is 42.6 Å². The number of nitrogens with two attached hydrogens (primary N) is 1. The lowest BCUT2D eigenvalue weighted by molar-refractivity contribution is -0.121. The van der Waals surface area contributed by atoms with Crippen LogP contribution in [0.2, 0.25) is 0 Å². The van der Waals surface area contributed by atoms with Crippen molar-refractivity contribution in [3.63, 3.8) is 0 Å². The first kappa shape index (κ1) is 17.8. The van der Waals surface area contributed by atoms with E-state index in [0.29, 0.717) is 23.5 Å². The van der Waals surface area contributed by atoms with Gasteiger partial charge in [0.25, 0.3) is 0 Å². The molecule has 29 heavy (non-hydrogen) atoms. The first-order valence-corrected chi connectivity index (χ1v) is 10.2. The quantitative estimate of drug-likeness (QED) is 0.681. The maximum Gasteiger partial charge on any atom is 0.225 e. The lowest BCUT2D eigenvalue weighted by atomic mass is 10.1. The summed E-state index contributed by atoms with van der Waals surface area (Å²) in [6.45, 7) is 2.23. The molecule has 3 N–H and O–H groups in total. The van der Waals surface area contributed by atoms with Gasteiger partial charge >= 0.3 is 0 Å². The van der Waals surface area contributed by atoms with Crippen molar-refractivity contribution in [3.05, 3.63) is 30.5 Å². The average molecular weight is 392 g/mol. The number of carbonyl (C=O) groups is 1. The molecule has 1 saturated carbocycles. The molecule has 1 aliphatic carbocycles. The van der Waals surface area contributed by atoms with E-state index in [-0.39, 0.29) is 17.9 Å². The maximum atomic E-state index is 11.4. The van der Waals surface area contributed by atoms with Gasteiger partial charge in [0, 0.05) is 30.7 Å². The fourth-order valence-corrected chi connectivity index (χ4v) is 4.31. The van der Waals surface area contributed by atoms with Gasteiger partial charge in [-0.25, -0.2) is 4.98 Å². The number of rotatable bonds is 5. The van der Waals surface area contributed by atoms with E-state index in [1.165, 1.54) is 18.5 Å². The molecule has 0 radical (unpaired) electrons. The van der Waals surface area contributed by atoms with Gasteiger partial charge in [-0.05, 0) is 56.4 Å². The maximum absolute atomic E-state index is 11.4. The zero-order valence-electron chi connectivity index (χ0n) is 16.2. The summed E-state index contributed by atoms with van der Waals surface area (Å²) in [7, 11) is 0. The van der Waals surface area contributed by atoms with Crippen molar-refractivity contribution >= 4 is 28.7 Å². The fourth-order valence-electron chi connectivity index (χ4n) is 4.31. The normalized spacial score (nSPS) is 21.7.